The molecular formula is C20H17N5O4. The van der Waals surface area contributed by atoms with Crippen molar-refractivity contribution in [3.8, 4) is 5.75 Å². The Morgan fingerprint density at radius 2 is 1.93 bits per heavy atom. The zero-order chi connectivity index (χ0) is 20.4. The first-order valence-electron chi connectivity index (χ1n) is 8.72. The van der Waals surface area contributed by atoms with Crippen molar-refractivity contribution in [3.63, 3.8) is 0 Å². The number of anilines is 2. The molecule has 3 heterocycles. The number of rotatable bonds is 5. The molecule has 0 saturated carbocycles. The molecule has 9 nitrogen and oxygen atoms in total. The molecule has 0 aliphatic heterocycles. The van der Waals surface area contributed by atoms with Gasteiger partial charge < -0.3 is 19.9 Å². The van der Waals surface area contributed by atoms with Gasteiger partial charge in [0, 0.05) is 24.0 Å². The van der Waals surface area contributed by atoms with Gasteiger partial charge in [0.1, 0.15) is 11.5 Å². The van der Waals surface area contributed by atoms with Gasteiger partial charge in [-0.25, -0.2) is 4.98 Å². The van der Waals surface area contributed by atoms with Crippen LogP contribution in [0.4, 0.5) is 11.5 Å². The lowest BCUT2D eigenvalue weighted by molar-refractivity contribution is 0.101. The molecule has 0 radical (unpaired) electrons. The van der Waals surface area contributed by atoms with Gasteiger partial charge >= 0.3 is 0 Å². The number of fused-ring (bicyclic) bond motifs is 1. The number of imidazole rings is 1. The van der Waals surface area contributed by atoms with Gasteiger partial charge in [-0.3, -0.25) is 14.0 Å². The molecule has 0 saturated heterocycles. The summed E-state index contributed by atoms with van der Waals surface area (Å²) in [4.78, 5) is 29.8. The summed E-state index contributed by atoms with van der Waals surface area (Å²) < 4.78 is 11.7. The molecule has 0 aliphatic carbocycles. The summed E-state index contributed by atoms with van der Waals surface area (Å²) in [5.41, 5.74) is 1.17. The topological polar surface area (TPSA) is 111 Å². The number of nitrogens with one attached hydrogen (secondary N) is 2. The third-order valence-corrected chi connectivity index (χ3v) is 4.16. The molecule has 0 bridgehead atoms. The van der Waals surface area contributed by atoms with E-state index in [1.54, 1.807) is 73.2 Å². The van der Waals surface area contributed by atoms with Crippen molar-refractivity contribution in [3.05, 3.63) is 72.0 Å². The lowest BCUT2D eigenvalue weighted by Crippen LogP contribution is -2.16. The SMILES string of the molecule is COc1cccc(NC(=O)c2nc(C(=O)Nc3cc(C)on3)n3ccccc23)c1. The number of aryl methyl sites for hydroxylation is 1. The monoisotopic (exact) mass is 391 g/mol. The normalized spacial score (nSPS) is 10.7. The molecule has 0 fully saturated rings. The van der Waals surface area contributed by atoms with E-state index in [2.05, 4.69) is 20.8 Å². The molecule has 2 amide bonds. The van der Waals surface area contributed by atoms with Crippen molar-refractivity contribution in [2.75, 3.05) is 17.7 Å². The summed E-state index contributed by atoms with van der Waals surface area (Å²) in [5, 5.41) is 9.13. The van der Waals surface area contributed by atoms with E-state index in [0.29, 0.717) is 22.7 Å². The van der Waals surface area contributed by atoms with E-state index in [0.717, 1.165) is 0 Å². The maximum atomic E-state index is 12.8. The second-order valence-corrected chi connectivity index (χ2v) is 6.20. The molecule has 0 atom stereocenters. The van der Waals surface area contributed by atoms with E-state index >= 15 is 0 Å². The molecule has 1 aromatic carbocycles. The number of carbonyl (C=O) groups is 2. The fourth-order valence-corrected chi connectivity index (χ4v) is 2.85. The van der Waals surface area contributed by atoms with Crippen LogP contribution in [0.5, 0.6) is 5.75 Å². The Morgan fingerprint density at radius 1 is 1.07 bits per heavy atom. The second kappa shape index (κ2) is 7.47. The second-order valence-electron chi connectivity index (χ2n) is 6.20. The van der Waals surface area contributed by atoms with Gasteiger partial charge in [-0.15, -0.1) is 0 Å². The Morgan fingerprint density at radius 3 is 2.69 bits per heavy atom. The van der Waals surface area contributed by atoms with Crippen molar-refractivity contribution in [1.29, 1.82) is 0 Å². The average molecular weight is 391 g/mol. The largest absolute Gasteiger partial charge is 0.497 e. The molecule has 3 aromatic heterocycles. The van der Waals surface area contributed by atoms with Gasteiger partial charge in [0.25, 0.3) is 11.8 Å². The van der Waals surface area contributed by atoms with E-state index in [9.17, 15) is 9.59 Å². The van der Waals surface area contributed by atoms with Crippen LogP contribution in [-0.2, 0) is 0 Å². The molecular weight excluding hydrogens is 374 g/mol. The molecule has 4 rings (SSSR count). The summed E-state index contributed by atoms with van der Waals surface area (Å²) in [6, 6.07) is 13.8. The van der Waals surface area contributed by atoms with Crippen molar-refractivity contribution < 1.29 is 18.8 Å². The first-order chi connectivity index (χ1) is 14.0. The quantitative estimate of drug-likeness (QED) is 0.541. The number of nitrogens with zero attached hydrogens (tertiary/aromatic N) is 3. The molecule has 0 unspecified atom stereocenters. The first kappa shape index (κ1) is 18.2. The summed E-state index contributed by atoms with van der Waals surface area (Å²) in [6.45, 7) is 1.72. The molecule has 2 N–H and O–H groups in total. The minimum absolute atomic E-state index is 0.0528. The summed E-state index contributed by atoms with van der Waals surface area (Å²) in [7, 11) is 1.55. The third-order valence-electron chi connectivity index (χ3n) is 4.16. The fourth-order valence-electron chi connectivity index (χ4n) is 2.85. The Labute approximate surface area is 165 Å². The maximum Gasteiger partial charge on any atom is 0.293 e. The minimum Gasteiger partial charge on any atom is -0.497 e. The Hall–Kier alpha value is -4.14. The fraction of sp³-hybridized carbons (Fsp3) is 0.100. The maximum absolute atomic E-state index is 12.8. The van der Waals surface area contributed by atoms with Crippen molar-refractivity contribution in [2.24, 2.45) is 0 Å². The van der Waals surface area contributed by atoms with Crippen LogP contribution in [0.3, 0.4) is 0 Å². The summed E-state index contributed by atoms with van der Waals surface area (Å²) >= 11 is 0. The first-order valence-corrected chi connectivity index (χ1v) is 8.72. The van der Waals surface area contributed by atoms with Gasteiger partial charge in [-0.2, -0.15) is 0 Å². The van der Waals surface area contributed by atoms with Gasteiger partial charge in [0.15, 0.2) is 11.5 Å². The lowest BCUT2D eigenvalue weighted by Gasteiger charge is -2.05. The van der Waals surface area contributed by atoms with Crippen molar-refractivity contribution in [1.82, 2.24) is 14.5 Å². The van der Waals surface area contributed by atoms with Crippen molar-refractivity contribution in [2.45, 2.75) is 6.92 Å². The van der Waals surface area contributed by atoms with Crippen LogP contribution >= 0.6 is 0 Å². The van der Waals surface area contributed by atoms with E-state index in [1.807, 2.05) is 0 Å². The number of carbonyl (C=O) groups excluding carboxylic acids is 2. The number of amides is 2. The van der Waals surface area contributed by atoms with Crippen molar-refractivity contribution >= 4 is 28.8 Å². The van der Waals surface area contributed by atoms with Crippen LogP contribution in [0.25, 0.3) is 5.52 Å². The number of pyridine rings is 1. The van der Waals surface area contributed by atoms with E-state index < -0.39 is 11.8 Å². The highest BCUT2D eigenvalue weighted by atomic mass is 16.5. The van der Waals surface area contributed by atoms with E-state index in [4.69, 9.17) is 9.26 Å². The number of hydrogen-bond acceptors (Lipinski definition) is 6. The van der Waals surface area contributed by atoms with Crippen LogP contribution in [-0.4, -0.2) is 33.5 Å². The van der Waals surface area contributed by atoms with E-state index in [-0.39, 0.29) is 17.3 Å². The van der Waals surface area contributed by atoms with Gasteiger partial charge in [-0.05, 0) is 31.2 Å². The summed E-state index contributed by atoms with van der Waals surface area (Å²) in [6.07, 6.45) is 1.66. The lowest BCUT2D eigenvalue weighted by atomic mass is 10.2. The smallest absolute Gasteiger partial charge is 0.293 e. The van der Waals surface area contributed by atoms with Crippen LogP contribution in [0.1, 0.15) is 26.9 Å². The number of aromatic nitrogens is 3. The number of benzene rings is 1. The predicted molar refractivity (Wildman–Crippen MR) is 105 cm³/mol. The standard InChI is InChI=1S/C20H17N5O4/c1-12-10-16(24-29-12)22-20(27)18-23-17(15-8-3-4-9-25(15)18)19(26)21-13-6-5-7-14(11-13)28-2/h3-11H,1-2H3,(H,21,26)(H,22,24,27). The molecule has 0 aliphatic rings. The van der Waals surface area contributed by atoms with Crippen LogP contribution in [0.15, 0.2) is 59.3 Å². The Bertz CT molecular complexity index is 1210. The highest BCUT2D eigenvalue weighted by Crippen LogP contribution is 2.20. The zero-order valence-corrected chi connectivity index (χ0v) is 15.7. The van der Waals surface area contributed by atoms with Gasteiger partial charge in [0.05, 0.1) is 12.6 Å². The van der Waals surface area contributed by atoms with Crippen LogP contribution < -0.4 is 15.4 Å². The molecule has 0 spiro atoms. The minimum atomic E-state index is -0.514. The zero-order valence-electron chi connectivity index (χ0n) is 15.7. The average Bonchev–Trinajstić information content (AvgIpc) is 3.31. The number of hydrogen-bond donors (Lipinski definition) is 2. The molecule has 9 heteroatoms. The summed E-state index contributed by atoms with van der Waals surface area (Å²) in [5.74, 6) is 0.532. The highest BCUT2D eigenvalue weighted by Gasteiger charge is 2.22. The molecule has 4 aromatic rings. The number of methoxy groups -OCH3 is 1. The van der Waals surface area contributed by atoms with Crippen LogP contribution in [0.2, 0.25) is 0 Å². The Balaban J connectivity index is 1.66. The predicted octanol–water partition coefficient (Wildman–Crippen LogP) is 3.14. The van der Waals surface area contributed by atoms with E-state index in [1.165, 1.54) is 0 Å². The highest BCUT2D eigenvalue weighted by molar-refractivity contribution is 6.10. The van der Waals surface area contributed by atoms with Crippen LogP contribution in [0, 0.1) is 6.92 Å². The van der Waals surface area contributed by atoms with Gasteiger partial charge in [0.2, 0.25) is 5.82 Å². The number of ether oxygens (including phenoxy) is 1. The van der Waals surface area contributed by atoms with Gasteiger partial charge in [-0.1, -0.05) is 17.3 Å². The third kappa shape index (κ3) is 3.65. The molecule has 29 heavy (non-hydrogen) atoms. The molecule has 146 valence electrons. The Kier molecular flexibility index (Phi) is 4.70.